The van der Waals surface area contributed by atoms with Crippen LogP contribution >= 0.6 is 0 Å². The van der Waals surface area contributed by atoms with E-state index in [-0.39, 0.29) is 5.69 Å². The lowest BCUT2D eigenvalue weighted by molar-refractivity contribution is 0.476. The summed E-state index contributed by atoms with van der Waals surface area (Å²) in [6.07, 6.45) is 3.26. The van der Waals surface area contributed by atoms with E-state index in [1.807, 2.05) is 30.3 Å². The fourth-order valence-electron chi connectivity index (χ4n) is 1.17. The van der Waals surface area contributed by atoms with Crippen LogP contribution in [0.15, 0.2) is 48.7 Å². The smallest absolute Gasteiger partial charge is 0.257 e. The minimum atomic E-state index is 0.182. The van der Waals surface area contributed by atoms with Gasteiger partial charge in [-0.25, -0.2) is 4.98 Å². The van der Waals surface area contributed by atoms with Gasteiger partial charge in [-0.1, -0.05) is 18.2 Å². The van der Waals surface area contributed by atoms with Crippen LogP contribution in [0.4, 0.5) is 0 Å². The predicted octanol–water partition coefficient (Wildman–Crippen LogP) is 2.33. The Kier molecular flexibility index (Phi) is 2.74. The fraction of sp³-hybridized carbons (Fsp3) is 0. The Morgan fingerprint density at radius 1 is 1.07 bits per heavy atom. The molecule has 0 aliphatic heterocycles. The monoisotopic (exact) mass is 198 g/mol. The second-order valence-electron chi connectivity index (χ2n) is 2.87. The van der Waals surface area contributed by atoms with Crippen molar-refractivity contribution >= 4 is 6.29 Å². The van der Waals surface area contributed by atoms with Crippen LogP contribution in [0.25, 0.3) is 0 Å². The van der Waals surface area contributed by atoms with Crippen molar-refractivity contribution in [3.8, 4) is 11.5 Å². The summed E-state index contributed by atoms with van der Waals surface area (Å²) >= 11 is 0. The first-order valence-electron chi connectivity index (χ1n) is 4.46. The molecule has 0 aliphatic rings. The van der Waals surface area contributed by atoms with E-state index >= 15 is 0 Å². The van der Waals surface area contributed by atoms with Gasteiger partial charge < -0.3 is 4.74 Å². The van der Waals surface area contributed by atoms with Gasteiger partial charge in [-0.3, -0.25) is 4.79 Å². The summed E-state index contributed by atoms with van der Waals surface area (Å²) in [4.78, 5) is 14.4. The second-order valence-corrected chi connectivity index (χ2v) is 2.87. The molecule has 0 N–H and O–H groups in total. The quantitative estimate of drug-likeness (QED) is 0.759. The highest BCUT2D eigenvalue weighted by molar-refractivity contribution is 5.76. The Bertz CT molecular complexity index is 454. The summed E-state index contributed by atoms with van der Waals surface area (Å²) in [5, 5.41) is 0. The van der Waals surface area contributed by atoms with Crippen LogP contribution in [0.1, 0.15) is 5.69 Å². The molecule has 0 saturated carbocycles. The van der Waals surface area contributed by atoms with E-state index in [0.717, 1.165) is 0 Å². The molecule has 0 unspecified atom stereocenters. The third kappa shape index (κ3) is 2.20. The van der Waals surface area contributed by atoms with Crippen molar-refractivity contribution in [2.45, 2.75) is 0 Å². The number of nitrogens with zero attached hydrogens (tertiary/aromatic N) is 1. The molecule has 1 aromatic carbocycles. The van der Waals surface area contributed by atoms with Gasteiger partial charge in [0, 0.05) is 6.20 Å². The van der Waals surface area contributed by atoms with Crippen molar-refractivity contribution in [3.05, 3.63) is 54.4 Å². The molecule has 73 valence electrons. The lowest BCUT2D eigenvalue weighted by Gasteiger charge is -2.05. The van der Waals surface area contributed by atoms with Crippen molar-refractivity contribution in [2.24, 2.45) is 0 Å². The molecular weight excluding hydrogens is 190 g/mol. The molecule has 2 rings (SSSR count). The number of hydrogen-bond donors (Lipinski definition) is 0. The van der Waals surface area contributed by atoms with Crippen LogP contribution in [0.3, 0.4) is 0 Å². The number of hydrogen-bond acceptors (Lipinski definition) is 3. The summed E-state index contributed by atoms with van der Waals surface area (Å²) < 4.78 is 5.48. The number of pyridine rings is 1. The Balaban J connectivity index is 2.28. The van der Waals surface area contributed by atoms with Crippen LogP contribution in [0, 0.1) is 0 Å². The number of aromatic nitrogens is 1. The normalized spacial score (nSPS) is 9.60. The molecule has 1 radical (unpaired) electrons. The maximum atomic E-state index is 10.6. The largest absolute Gasteiger partial charge is 0.455 e. The van der Waals surface area contributed by atoms with E-state index in [2.05, 4.69) is 4.98 Å². The average Bonchev–Trinajstić information content (AvgIpc) is 2.31. The summed E-state index contributed by atoms with van der Waals surface area (Å²) in [6, 6.07) is 12.6. The predicted molar refractivity (Wildman–Crippen MR) is 55.5 cm³/mol. The van der Waals surface area contributed by atoms with Crippen LogP contribution in [0.2, 0.25) is 0 Å². The first-order chi connectivity index (χ1) is 7.40. The third-order valence-electron chi connectivity index (χ3n) is 1.84. The van der Waals surface area contributed by atoms with E-state index in [9.17, 15) is 4.79 Å². The molecule has 0 atom stereocenters. The maximum absolute atomic E-state index is 10.6. The molecule has 2 aromatic rings. The van der Waals surface area contributed by atoms with Crippen molar-refractivity contribution < 1.29 is 9.53 Å². The molecule has 0 aliphatic carbocycles. The average molecular weight is 198 g/mol. The molecule has 0 fully saturated rings. The Morgan fingerprint density at radius 3 is 2.60 bits per heavy atom. The number of benzene rings is 1. The molecule has 15 heavy (non-hydrogen) atoms. The van der Waals surface area contributed by atoms with Gasteiger partial charge in [0.1, 0.15) is 5.75 Å². The summed E-state index contributed by atoms with van der Waals surface area (Å²) in [7, 11) is 0. The second kappa shape index (κ2) is 4.37. The Hall–Kier alpha value is -2.16. The molecule has 0 bridgehead atoms. The maximum Gasteiger partial charge on any atom is 0.257 e. The highest BCUT2D eigenvalue weighted by Crippen LogP contribution is 2.21. The van der Waals surface area contributed by atoms with Gasteiger partial charge in [-0.05, 0) is 24.3 Å². The van der Waals surface area contributed by atoms with Gasteiger partial charge in [0.25, 0.3) is 6.29 Å². The highest BCUT2D eigenvalue weighted by Gasteiger charge is 2.04. The van der Waals surface area contributed by atoms with Gasteiger partial charge >= 0.3 is 0 Å². The van der Waals surface area contributed by atoms with Gasteiger partial charge in [0.05, 0.1) is 0 Å². The molecule has 3 nitrogen and oxygen atoms in total. The zero-order valence-corrected chi connectivity index (χ0v) is 7.88. The lowest BCUT2D eigenvalue weighted by Crippen LogP contribution is -1.92. The van der Waals surface area contributed by atoms with Crippen molar-refractivity contribution in [2.75, 3.05) is 0 Å². The van der Waals surface area contributed by atoms with Crippen LogP contribution < -0.4 is 4.74 Å². The van der Waals surface area contributed by atoms with Crippen molar-refractivity contribution in [1.82, 2.24) is 4.98 Å². The third-order valence-corrected chi connectivity index (χ3v) is 1.84. The standard InChI is InChI=1S/C12H8NO2/c14-9-11-12(7-4-8-13-11)15-10-5-2-1-3-6-10/h1-8H. The van der Waals surface area contributed by atoms with E-state index < -0.39 is 0 Å². The van der Waals surface area contributed by atoms with E-state index in [1.165, 1.54) is 6.20 Å². The summed E-state index contributed by atoms with van der Waals surface area (Å²) in [6.45, 7) is 0. The van der Waals surface area contributed by atoms with Crippen molar-refractivity contribution in [1.29, 1.82) is 0 Å². The molecule has 3 heteroatoms. The first-order valence-corrected chi connectivity index (χ1v) is 4.46. The van der Waals surface area contributed by atoms with E-state index in [1.54, 1.807) is 18.4 Å². The Labute approximate surface area is 87.3 Å². The SMILES string of the molecule is O=[C]c1ncccc1Oc1ccccc1. The highest BCUT2D eigenvalue weighted by atomic mass is 16.5. The Morgan fingerprint density at radius 2 is 1.87 bits per heavy atom. The molecular formula is C12H8NO2. The summed E-state index contributed by atoms with van der Waals surface area (Å²) in [5.41, 5.74) is 0.182. The van der Waals surface area contributed by atoms with Gasteiger partial charge in [-0.2, -0.15) is 0 Å². The van der Waals surface area contributed by atoms with Gasteiger partial charge in [0.2, 0.25) is 0 Å². The number of ether oxygens (including phenoxy) is 1. The van der Waals surface area contributed by atoms with Gasteiger partial charge in [0.15, 0.2) is 11.4 Å². The molecule has 0 spiro atoms. The van der Waals surface area contributed by atoms with Gasteiger partial charge in [-0.15, -0.1) is 0 Å². The first kappa shape index (κ1) is 9.40. The molecule has 1 heterocycles. The molecule has 0 amide bonds. The minimum Gasteiger partial charge on any atom is -0.455 e. The fourth-order valence-corrected chi connectivity index (χ4v) is 1.17. The van der Waals surface area contributed by atoms with Crippen LogP contribution in [-0.4, -0.2) is 11.3 Å². The van der Waals surface area contributed by atoms with Crippen LogP contribution in [-0.2, 0) is 4.79 Å². The van der Waals surface area contributed by atoms with Crippen molar-refractivity contribution in [3.63, 3.8) is 0 Å². The number of rotatable bonds is 3. The van der Waals surface area contributed by atoms with E-state index in [0.29, 0.717) is 11.5 Å². The number of carbonyl (C=O) groups excluding carboxylic acids is 1. The molecule has 0 saturated heterocycles. The lowest BCUT2D eigenvalue weighted by atomic mass is 10.3. The minimum absolute atomic E-state index is 0.182. The zero-order valence-electron chi connectivity index (χ0n) is 7.88. The topological polar surface area (TPSA) is 39.2 Å². The molecule has 1 aromatic heterocycles. The van der Waals surface area contributed by atoms with E-state index in [4.69, 9.17) is 4.74 Å². The number of para-hydroxylation sites is 1. The summed E-state index contributed by atoms with van der Waals surface area (Å²) in [5.74, 6) is 1.08. The van der Waals surface area contributed by atoms with Crippen LogP contribution in [0.5, 0.6) is 11.5 Å². The zero-order chi connectivity index (χ0) is 10.5.